The first-order chi connectivity index (χ1) is 11.1. The molecule has 23 heavy (non-hydrogen) atoms. The Morgan fingerprint density at radius 1 is 1.09 bits per heavy atom. The molecule has 1 aromatic heterocycles. The topological polar surface area (TPSA) is 24.0 Å². The maximum Gasteiger partial charge on any atom is 0.178 e. The van der Waals surface area contributed by atoms with E-state index >= 15 is 0 Å². The van der Waals surface area contributed by atoms with Gasteiger partial charge in [-0.2, -0.15) is 0 Å². The summed E-state index contributed by atoms with van der Waals surface area (Å²) < 4.78 is 2.94. The van der Waals surface area contributed by atoms with E-state index in [4.69, 9.17) is 12.2 Å². The van der Waals surface area contributed by atoms with Crippen LogP contribution in [0.5, 0.6) is 0 Å². The number of imidazole rings is 1. The van der Waals surface area contributed by atoms with Gasteiger partial charge >= 0.3 is 0 Å². The summed E-state index contributed by atoms with van der Waals surface area (Å²) in [5, 5.41) is 0. The highest BCUT2D eigenvalue weighted by atomic mass is 32.1. The maximum absolute atomic E-state index is 5.52. The second kappa shape index (κ2) is 6.59. The highest BCUT2D eigenvalue weighted by molar-refractivity contribution is 7.71. The molecule has 0 aliphatic rings. The van der Waals surface area contributed by atoms with E-state index in [2.05, 4.69) is 77.8 Å². The summed E-state index contributed by atoms with van der Waals surface area (Å²) in [6.45, 7) is 6.31. The first-order valence-electron chi connectivity index (χ1n) is 8.03. The molecule has 0 atom stereocenters. The van der Waals surface area contributed by atoms with Gasteiger partial charge in [0.05, 0.1) is 17.6 Å². The number of H-pyrrole nitrogens is 1. The molecular formula is C19H23N3S. The highest BCUT2D eigenvalue weighted by Gasteiger charge is 2.11. The van der Waals surface area contributed by atoms with Crippen LogP contribution in [-0.2, 0) is 6.54 Å². The lowest BCUT2D eigenvalue weighted by atomic mass is 10.1. The fourth-order valence-corrected chi connectivity index (χ4v) is 3.37. The monoisotopic (exact) mass is 325 g/mol. The number of para-hydroxylation sites is 3. The second-order valence-corrected chi connectivity index (χ2v) is 6.82. The van der Waals surface area contributed by atoms with Crippen molar-refractivity contribution < 1.29 is 0 Å². The van der Waals surface area contributed by atoms with Crippen LogP contribution in [0.1, 0.15) is 19.4 Å². The van der Waals surface area contributed by atoms with Crippen molar-refractivity contribution in [3.05, 3.63) is 58.9 Å². The third kappa shape index (κ3) is 3.32. The van der Waals surface area contributed by atoms with Crippen molar-refractivity contribution >= 4 is 28.9 Å². The number of aromatic nitrogens is 2. The van der Waals surface area contributed by atoms with Gasteiger partial charge in [-0.25, -0.2) is 0 Å². The van der Waals surface area contributed by atoms with Crippen molar-refractivity contribution in [3.8, 4) is 0 Å². The first-order valence-corrected chi connectivity index (χ1v) is 8.43. The van der Waals surface area contributed by atoms with Gasteiger partial charge < -0.3 is 14.5 Å². The average molecular weight is 325 g/mol. The van der Waals surface area contributed by atoms with E-state index in [1.165, 1.54) is 11.3 Å². The maximum atomic E-state index is 5.52. The largest absolute Gasteiger partial charge is 0.374 e. The van der Waals surface area contributed by atoms with Gasteiger partial charge in [-0.1, -0.05) is 44.2 Å². The molecule has 2 aromatic carbocycles. The molecule has 0 unspecified atom stereocenters. The van der Waals surface area contributed by atoms with Gasteiger partial charge in [-0.05, 0) is 41.9 Å². The van der Waals surface area contributed by atoms with Crippen LogP contribution in [0.2, 0.25) is 0 Å². The molecule has 1 N–H and O–H groups in total. The fourth-order valence-electron chi connectivity index (χ4n) is 3.10. The van der Waals surface area contributed by atoms with Crippen molar-refractivity contribution in [1.29, 1.82) is 0 Å². The lowest BCUT2D eigenvalue weighted by Gasteiger charge is -2.24. The number of aromatic amines is 1. The van der Waals surface area contributed by atoms with Crippen molar-refractivity contribution in [2.24, 2.45) is 5.92 Å². The number of benzene rings is 2. The highest BCUT2D eigenvalue weighted by Crippen LogP contribution is 2.23. The molecule has 0 fully saturated rings. The third-order valence-corrected chi connectivity index (χ3v) is 4.37. The van der Waals surface area contributed by atoms with Gasteiger partial charge in [0.1, 0.15) is 0 Å². The molecule has 120 valence electrons. The number of rotatable bonds is 5. The van der Waals surface area contributed by atoms with Crippen LogP contribution in [0.15, 0.2) is 48.5 Å². The minimum Gasteiger partial charge on any atom is -0.374 e. The Morgan fingerprint density at radius 2 is 1.78 bits per heavy atom. The third-order valence-electron chi connectivity index (χ3n) is 4.05. The molecule has 1 heterocycles. The quantitative estimate of drug-likeness (QED) is 0.679. The summed E-state index contributed by atoms with van der Waals surface area (Å²) in [5.74, 6) is 0.628. The Hall–Kier alpha value is -2.07. The average Bonchev–Trinajstić information content (AvgIpc) is 2.83. The fraction of sp³-hybridized carbons (Fsp3) is 0.316. The molecule has 3 aromatic rings. The molecule has 0 aliphatic carbocycles. The summed E-state index contributed by atoms with van der Waals surface area (Å²) >= 11 is 5.52. The predicted octanol–water partition coefficient (Wildman–Crippen LogP) is 4.84. The van der Waals surface area contributed by atoms with E-state index in [0.29, 0.717) is 5.92 Å². The smallest absolute Gasteiger partial charge is 0.178 e. The molecule has 0 radical (unpaired) electrons. The zero-order valence-electron chi connectivity index (χ0n) is 13.9. The Labute approximate surface area is 142 Å². The molecule has 0 saturated heterocycles. The van der Waals surface area contributed by atoms with E-state index in [1.54, 1.807) is 0 Å². The summed E-state index contributed by atoms with van der Waals surface area (Å²) in [7, 11) is 2.16. The van der Waals surface area contributed by atoms with Crippen LogP contribution < -0.4 is 4.90 Å². The van der Waals surface area contributed by atoms with Crippen LogP contribution in [0, 0.1) is 10.7 Å². The van der Waals surface area contributed by atoms with Gasteiger partial charge in [-0.15, -0.1) is 0 Å². The number of anilines is 1. The van der Waals surface area contributed by atoms with Crippen molar-refractivity contribution in [3.63, 3.8) is 0 Å². The van der Waals surface area contributed by atoms with Gasteiger partial charge in [0.2, 0.25) is 0 Å². The van der Waals surface area contributed by atoms with Crippen molar-refractivity contribution in [2.75, 3.05) is 18.5 Å². The van der Waals surface area contributed by atoms with E-state index < -0.39 is 0 Å². The predicted molar refractivity (Wildman–Crippen MR) is 101 cm³/mol. The van der Waals surface area contributed by atoms with E-state index in [-0.39, 0.29) is 0 Å². The number of hydrogen-bond acceptors (Lipinski definition) is 2. The normalized spacial score (nSPS) is 11.3. The van der Waals surface area contributed by atoms with E-state index in [9.17, 15) is 0 Å². The zero-order chi connectivity index (χ0) is 16.4. The molecular weight excluding hydrogens is 302 g/mol. The number of nitrogens with zero attached hydrogens (tertiary/aromatic N) is 2. The lowest BCUT2D eigenvalue weighted by Crippen LogP contribution is -2.24. The Kier molecular flexibility index (Phi) is 4.53. The molecule has 0 amide bonds. The summed E-state index contributed by atoms with van der Waals surface area (Å²) in [4.78, 5) is 5.62. The molecule has 3 rings (SSSR count). The van der Waals surface area contributed by atoms with Gasteiger partial charge in [0.15, 0.2) is 4.77 Å². The lowest BCUT2D eigenvalue weighted by molar-refractivity contribution is 0.636. The second-order valence-electron chi connectivity index (χ2n) is 6.44. The number of nitrogens with one attached hydrogen (secondary N) is 1. The summed E-state index contributed by atoms with van der Waals surface area (Å²) in [5.41, 5.74) is 4.80. The van der Waals surface area contributed by atoms with Gasteiger partial charge in [-0.3, -0.25) is 0 Å². The number of fused-ring (bicyclic) bond motifs is 1. The SMILES string of the molecule is CC(C)CN(C)c1ccccc1Cn1c(=S)[nH]c2ccccc21. The standard InChI is InChI=1S/C19H23N3S/c1-14(2)12-21(3)17-10-6-4-8-15(17)13-22-18-11-7-5-9-16(18)20-19(22)23/h4-11,14H,12-13H2,1-3H3,(H,20,23). The van der Waals surface area contributed by atoms with Crippen LogP contribution in [0.25, 0.3) is 11.0 Å². The summed E-state index contributed by atoms with van der Waals surface area (Å²) in [6, 6.07) is 16.8. The minimum atomic E-state index is 0.628. The molecule has 0 bridgehead atoms. The van der Waals surface area contributed by atoms with Gasteiger partial charge in [0, 0.05) is 19.3 Å². The first kappa shape index (κ1) is 15.8. The molecule has 0 saturated carbocycles. The molecule has 4 heteroatoms. The molecule has 0 spiro atoms. The Morgan fingerprint density at radius 3 is 2.57 bits per heavy atom. The van der Waals surface area contributed by atoms with E-state index in [0.717, 1.165) is 28.9 Å². The van der Waals surface area contributed by atoms with Crippen LogP contribution in [-0.4, -0.2) is 23.1 Å². The Balaban J connectivity index is 2.00. The van der Waals surface area contributed by atoms with Crippen molar-refractivity contribution in [1.82, 2.24) is 9.55 Å². The Bertz CT molecular complexity index is 860. The summed E-state index contributed by atoms with van der Waals surface area (Å²) in [6.07, 6.45) is 0. The van der Waals surface area contributed by atoms with E-state index in [1.807, 2.05) is 6.07 Å². The van der Waals surface area contributed by atoms with Crippen LogP contribution in [0.4, 0.5) is 5.69 Å². The van der Waals surface area contributed by atoms with Crippen molar-refractivity contribution in [2.45, 2.75) is 20.4 Å². The molecule has 3 nitrogen and oxygen atoms in total. The van der Waals surface area contributed by atoms with Crippen LogP contribution >= 0.6 is 12.2 Å². The molecule has 0 aliphatic heterocycles. The van der Waals surface area contributed by atoms with Gasteiger partial charge in [0.25, 0.3) is 0 Å². The number of hydrogen-bond donors (Lipinski definition) is 1. The zero-order valence-corrected chi connectivity index (χ0v) is 14.7. The minimum absolute atomic E-state index is 0.628. The van der Waals surface area contributed by atoms with Crippen LogP contribution in [0.3, 0.4) is 0 Å².